The summed E-state index contributed by atoms with van der Waals surface area (Å²) in [6.45, 7) is 1.85. The van der Waals surface area contributed by atoms with Crippen LogP contribution in [0.5, 0.6) is 5.75 Å². The number of hydrogen-bond acceptors (Lipinski definition) is 3. The lowest BCUT2D eigenvalue weighted by Gasteiger charge is -2.03. The van der Waals surface area contributed by atoms with Gasteiger partial charge in [-0.05, 0) is 31.2 Å². The number of benzene rings is 2. The van der Waals surface area contributed by atoms with Crippen molar-refractivity contribution in [2.45, 2.75) is 11.8 Å². The van der Waals surface area contributed by atoms with Crippen molar-refractivity contribution < 1.29 is 13.5 Å². The number of nitrogens with zero attached hydrogens (tertiary/aromatic N) is 1. The Bertz CT molecular complexity index is 800. The number of aromatic hydroxyl groups is 1. The number of rotatable bonds is 3. The third-order valence-corrected chi connectivity index (χ3v) is 4.46. The Morgan fingerprint density at radius 2 is 1.76 bits per heavy atom. The molecule has 0 unspecified atom stereocenters. The number of aryl methyl sites for hydroxylation is 1. The SMILES string of the molecule is Cc1ccc(S(=O)(=O)/N=C/c2cc(Cl)cc(Cl)c2O)cc1. The number of sulfonamides is 1. The third kappa shape index (κ3) is 3.75. The van der Waals surface area contributed by atoms with Crippen molar-refractivity contribution in [3.63, 3.8) is 0 Å². The van der Waals surface area contributed by atoms with Crippen LogP contribution in [-0.4, -0.2) is 19.7 Å². The highest BCUT2D eigenvalue weighted by atomic mass is 35.5. The van der Waals surface area contributed by atoms with Crippen molar-refractivity contribution in [3.8, 4) is 5.75 Å². The minimum absolute atomic E-state index is 0.0247. The normalized spacial score (nSPS) is 12.0. The monoisotopic (exact) mass is 343 g/mol. The highest BCUT2D eigenvalue weighted by Gasteiger charge is 2.12. The molecule has 7 heteroatoms. The molecule has 2 rings (SSSR count). The van der Waals surface area contributed by atoms with Crippen LogP contribution >= 0.6 is 23.2 Å². The van der Waals surface area contributed by atoms with Gasteiger partial charge in [-0.15, -0.1) is 0 Å². The first-order valence-corrected chi connectivity index (χ1v) is 8.04. The molecule has 0 aromatic heterocycles. The summed E-state index contributed by atoms with van der Waals surface area (Å²) in [4.78, 5) is 0.0666. The number of phenols is 1. The van der Waals surface area contributed by atoms with Gasteiger partial charge in [-0.25, -0.2) is 0 Å². The van der Waals surface area contributed by atoms with Gasteiger partial charge in [-0.2, -0.15) is 12.8 Å². The van der Waals surface area contributed by atoms with E-state index in [-0.39, 0.29) is 26.3 Å². The molecule has 0 aliphatic rings. The molecule has 1 N–H and O–H groups in total. The first-order valence-electron chi connectivity index (χ1n) is 5.84. The van der Waals surface area contributed by atoms with Crippen LogP contribution in [0.25, 0.3) is 0 Å². The van der Waals surface area contributed by atoms with Gasteiger partial charge < -0.3 is 5.11 Å². The minimum atomic E-state index is -3.85. The molecule has 0 spiro atoms. The van der Waals surface area contributed by atoms with E-state index in [0.717, 1.165) is 11.8 Å². The predicted octanol–water partition coefficient (Wildman–Crippen LogP) is 3.82. The second-order valence-corrected chi connectivity index (χ2v) is 6.82. The van der Waals surface area contributed by atoms with Gasteiger partial charge >= 0.3 is 0 Å². The molecule has 0 heterocycles. The summed E-state index contributed by atoms with van der Waals surface area (Å²) in [7, 11) is -3.85. The molecule has 21 heavy (non-hydrogen) atoms. The van der Waals surface area contributed by atoms with E-state index in [0.29, 0.717) is 0 Å². The van der Waals surface area contributed by atoms with E-state index < -0.39 is 10.0 Å². The Labute approximate surface area is 132 Å². The van der Waals surface area contributed by atoms with Crippen LogP contribution in [0.2, 0.25) is 10.0 Å². The zero-order chi connectivity index (χ0) is 15.6. The first-order chi connectivity index (χ1) is 9.79. The maximum atomic E-state index is 12.1. The molecule has 0 amide bonds. The third-order valence-electron chi connectivity index (χ3n) is 2.71. The highest BCUT2D eigenvalue weighted by molar-refractivity contribution is 7.90. The van der Waals surface area contributed by atoms with Crippen molar-refractivity contribution in [3.05, 3.63) is 57.6 Å². The molecule has 0 saturated carbocycles. The van der Waals surface area contributed by atoms with E-state index in [1.54, 1.807) is 12.1 Å². The van der Waals surface area contributed by atoms with Crippen molar-refractivity contribution in [2.75, 3.05) is 0 Å². The van der Waals surface area contributed by atoms with Crippen LogP contribution in [0.4, 0.5) is 0 Å². The fraction of sp³-hybridized carbons (Fsp3) is 0.0714. The molecule has 0 atom stereocenters. The average Bonchev–Trinajstić information content (AvgIpc) is 2.42. The molecule has 0 aliphatic carbocycles. The molecular weight excluding hydrogens is 333 g/mol. The summed E-state index contributed by atoms with van der Waals surface area (Å²) in [6, 6.07) is 9.01. The number of halogens is 2. The maximum Gasteiger partial charge on any atom is 0.282 e. The lowest BCUT2D eigenvalue weighted by Crippen LogP contribution is -1.98. The molecule has 0 saturated heterocycles. The molecular formula is C14H11Cl2NO3S. The molecule has 0 radical (unpaired) electrons. The van der Waals surface area contributed by atoms with Crippen molar-refractivity contribution in [1.82, 2.24) is 0 Å². The largest absolute Gasteiger partial charge is 0.506 e. The van der Waals surface area contributed by atoms with Crippen LogP contribution in [0, 0.1) is 6.92 Å². The van der Waals surface area contributed by atoms with E-state index in [1.807, 2.05) is 6.92 Å². The van der Waals surface area contributed by atoms with Gasteiger partial charge in [0.05, 0.1) is 16.1 Å². The summed E-state index contributed by atoms with van der Waals surface area (Å²) in [5, 5.41) is 10.0. The molecule has 2 aromatic carbocycles. The lowest BCUT2D eigenvalue weighted by molar-refractivity contribution is 0.475. The second kappa shape index (κ2) is 6.05. The van der Waals surface area contributed by atoms with Crippen molar-refractivity contribution in [1.29, 1.82) is 0 Å². The molecule has 0 aliphatic heterocycles. The summed E-state index contributed by atoms with van der Waals surface area (Å²) < 4.78 is 27.6. The Hall–Kier alpha value is -1.56. The van der Waals surface area contributed by atoms with Crippen molar-refractivity contribution in [2.24, 2.45) is 4.40 Å². The van der Waals surface area contributed by atoms with Gasteiger partial charge in [0.2, 0.25) is 0 Å². The standard InChI is InChI=1S/C14H11Cl2NO3S/c1-9-2-4-12(5-3-9)21(19,20)17-8-10-6-11(15)7-13(16)14(10)18/h2-8,18H,1H3/b17-8+. The van der Waals surface area contributed by atoms with Gasteiger partial charge in [0.25, 0.3) is 10.0 Å². The Kier molecular flexibility index (Phi) is 4.56. The summed E-state index contributed by atoms with van der Waals surface area (Å²) >= 11 is 11.6. The minimum Gasteiger partial charge on any atom is -0.506 e. The summed E-state index contributed by atoms with van der Waals surface area (Å²) in [5.41, 5.74) is 1.07. The Morgan fingerprint density at radius 3 is 2.38 bits per heavy atom. The smallest absolute Gasteiger partial charge is 0.282 e. The molecule has 110 valence electrons. The van der Waals surface area contributed by atoms with Gasteiger partial charge in [-0.3, -0.25) is 0 Å². The topological polar surface area (TPSA) is 66.7 Å². The quantitative estimate of drug-likeness (QED) is 0.861. The van der Waals surface area contributed by atoms with Gasteiger partial charge in [0.15, 0.2) is 0 Å². The van der Waals surface area contributed by atoms with Gasteiger partial charge in [0.1, 0.15) is 5.75 Å². The number of phenolic OH excluding ortho intramolecular Hbond substituents is 1. The van der Waals surface area contributed by atoms with E-state index in [4.69, 9.17) is 23.2 Å². The first kappa shape index (κ1) is 15.8. The lowest BCUT2D eigenvalue weighted by atomic mass is 10.2. The zero-order valence-electron chi connectivity index (χ0n) is 10.9. The average molecular weight is 344 g/mol. The summed E-state index contributed by atoms with van der Waals surface area (Å²) in [6.07, 6.45) is 1.02. The van der Waals surface area contributed by atoms with Crippen LogP contribution < -0.4 is 0 Å². The van der Waals surface area contributed by atoms with Crippen LogP contribution in [-0.2, 0) is 10.0 Å². The molecule has 4 nitrogen and oxygen atoms in total. The summed E-state index contributed by atoms with van der Waals surface area (Å²) in [5.74, 6) is -0.274. The zero-order valence-corrected chi connectivity index (χ0v) is 13.2. The van der Waals surface area contributed by atoms with E-state index in [1.165, 1.54) is 24.3 Å². The predicted molar refractivity (Wildman–Crippen MR) is 84.1 cm³/mol. The fourth-order valence-electron chi connectivity index (χ4n) is 1.58. The molecule has 0 bridgehead atoms. The fourth-order valence-corrected chi connectivity index (χ4v) is 2.94. The van der Waals surface area contributed by atoms with E-state index in [9.17, 15) is 13.5 Å². The molecule has 2 aromatic rings. The van der Waals surface area contributed by atoms with Crippen molar-refractivity contribution >= 4 is 39.4 Å². The van der Waals surface area contributed by atoms with E-state index >= 15 is 0 Å². The van der Waals surface area contributed by atoms with Crippen LogP contribution in [0.15, 0.2) is 45.7 Å². The van der Waals surface area contributed by atoms with E-state index in [2.05, 4.69) is 4.40 Å². The van der Waals surface area contributed by atoms with Crippen LogP contribution in [0.3, 0.4) is 0 Å². The van der Waals surface area contributed by atoms with Gasteiger partial charge in [-0.1, -0.05) is 40.9 Å². The molecule has 0 fully saturated rings. The Morgan fingerprint density at radius 1 is 1.14 bits per heavy atom. The maximum absolute atomic E-state index is 12.1. The highest BCUT2D eigenvalue weighted by Crippen LogP contribution is 2.30. The second-order valence-electron chi connectivity index (χ2n) is 4.35. The Balaban J connectivity index is 2.39. The van der Waals surface area contributed by atoms with Gasteiger partial charge in [0, 0.05) is 10.6 Å². The van der Waals surface area contributed by atoms with Crippen LogP contribution in [0.1, 0.15) is 11.1 Å². The number of hydrogen-bond donors (Lipinski definition) is 1.